The molecular formula is C13H25ClN2O2. The van der Waals surface area contributed by atoms with Crippen LogP contribution in [-0.4, -0.2) is 50.7 Å². The van der Waals surface area contributed by atoms with Crippen molar-refractivity contribution in [2.45, 2.75) is 25.7 Å². The first kappa shape index (κ1) is 15.7. The molecule has 2 fully saturated rings. The number of rotatable bonds is 3. The van der Waals surface area contributed by atoms with Crippen molar-refractivity contribution in [1.82, 2.24) is 10.2 Å². The second-order valence-corrected chi connectivity index (χ2v) is 5.40. The summed E-state index contributed by atoms with van der Waals surface area (Å²) in [5.41, 5.74) is 0. The molecule has 2 rings (SSSR count). The Balaban J connectivity index is 0.00000162. The van der Waals surface area contributed by atoms with Crippen molar-refractivity contribution in [3.8, 4) is 0 Å². The Morgan fingerprint density at radius 3 is 2.44 bits per heavy atom. The Morgan fingerprint density at radius 2 is 1.83 bits per heavy atom. The standard InChI is InChI=1S/C13H24N2O2.ClH/c1-15-8-4-11(5-9-15)10-17-13(16)12-2-6-14-7-3-12;/h11-12,14H,2-10H2,1H3;1H. The van der Waals surface area contributed by atoms with E-state index in [2.05, 4.69) is 17.3 Å². The van der Waals surface area contributed by atoms with Crippen LogP contribution in [0, 0.1) is 11.8 Å². The van der Waals surface area contributed by atoms with Crippen molar-refractivity contribution in [2.24, 2.45) is 11.8 Å². The molecule has 0 aromatic rings. The molecule has 5 heteroatoms. The predicted octanol–water partition coefficient (Wildman–Crippen LogP) is 1.29. The quantitative estimate of drug-likeness (QED) is 0.789. The van der Waals surface area contributed by atoms with Crippen LogP contribution in [-0.2, 0) is 9.53 Å². The summed E-state index contributed by atoms with van der Waals surface area (Å²) in [5, 5.41) is 3.27. The average molecular weight is 277 g/mol. The number of hydrogen-bond acceptors (Lipinski definition) is 4. The molecule has 1 N–H and O–H groups in total. The van der Waals surface area contributed by atoms with Gasteiger partial charge in [0.05, 0.1) is 12.5 Å². The van der Waals surface area contributed by atoms with Gasteiger partial charge in [0.1, 0.15) is 0 Å². The van der Waals surface area contributed by atoms with Gasteiger partial charge in [-0.3, -0.25) is 4.79 Å². The van der Waals surface area contributed by atoms with Gasteiger partial charge in [-0.2, -0.15) is 0 Å². The van der Waals surface area contributed by atoms with Crippen LogP contribution in [0.25, 0.3) is 0 Å². The van der Waals surface area contributed by atoms with Gasteiger partial charge in [0, 0.05) is 0 Å². The monoisotopic (exact) mass is 276 g/mol. The van der Waals surface area contributed by atoms with Gasteiger partial charge in [0.25, 0.3) is 0 Å². The molecule has 0 saturated carbocycles. The molecule has 2 heterocycles. The second-order valence-electron chi connectivity index (χ2n) is 5.40. The highest BCUT2D eigenvalue weighted by Crippen LogP contribution is 2.18. The largest absolute Gasteiger partial charge is 0.465 e. The van der Waals surface area contributed by atoms with E-state index < -0.39 is 0 Å². The molecule has 0 atom stereocenters. The van der Waals surface area contributed by atoms with Gasteiger partial charge >= 0.3 is 5.97 Å². The van der Waals surface area contributed by atoms with Gasteiger partial charge in [-0.05, 0) is 64.8 Å². The fraction of sp³-hybridized carbons (Fsp3) is 0.923. The van der Waals surface area contributed by atoms with E-state index >= 15 is 0 Å². The van der Waals surface area contributed by atoms with Crippen LogP contribution in [0.1, 0.15) is 25.7 Å². The highest BCUT2D eigenvalue weighted by molar-refractivity contribution is 5.85. The predicted molar refractivity (Wildman–Crippen MR) is 74.0 cm³/mol. The zero-order valence-corrected chi connectivity index (χ0v) is 12.0. The summed E-state index contributed by atoms with van der Waals surface area (Å²) in [5.74, 6) is 0.754. The van der Waals surface area contributed by atoms with Crippen LogP contribution < -0.4 is 5.32 Å². The Hall–Kier alpha value is -0.320. The molecule has 2 aliphatic heterocycles. The normalized spacial score (nSPS) is 23.4. The molecule has 0 aromatic heterocycles. The van der Waals surface area contributed by atoms with Crippen LogP contribution in [0.15, 0.2) is 0 Å². The minimum Gasteiger partial charge on any atom is -0.465 e. The van der Waals surface area contributed by atoms with E-state index in [-0.39, 0.29) is 24.3 Å². The van der Waals surface area contributed by atoms with Crippen LogP contribution in [0.3, 0.4) is 0 Å². The van der Waals surface area contributed by atoms with E-state index in [0.717, 1.165) is 51.9 Å². The highest BCUT2D eigenvalue weighted by Gasteiger charge is 2.24. The number of halogens is 1. The third-order valence-electron chi connectivity index (χ3n) is 3.97. The number of esters is 1. The Kier molecular flexibility index (Phi) is 6.97. The van der Waals surface area contributed by atoms with E-state index in [1.54, 1.807) is 0 Å². The summed E-state index contributed by atoms with van der Waals surface area (Å²) in [6.07, 6.45) is 4.20. The van der Waals surface area contributed by atoms with Crippen molar-refractivity contribution < 1.29 is 9.53 Å². The van der Waals surface area contributed by atoms with Crippen molar-refractivity contribution in [3.63, 3.8) is 0 Å². The van der Waals surface area contributed by atoms with Crippen LogP contribution in [0.2, 0.25) is 0 Å². The highest BCUT2D eigenvalue weighted by atomic mass is 35.5. The molecular weight excluding hydrogens is 252 g/mol. The summed E-state index contributed by atoms with van der Waals surface area (Å²) < 4.78 is 5.47. The summed E-state index contributed by atoms with van der Waals surface area (Å²) in [6, 6.07) is 0. The zero-order valence-electron chi connectivity index (χ0n) is 11.2. The number of carbonyl (C=O) groups excluding carboxylic acids is 1. The third kappa shape index (κ3) is 4.75. The van der Waals surface area contributed by atoms with Crippen molar-refractivity contribution in [2.75, 3.05) is 39.8 Å². The minimum atomic E-state index is 0. The lowest BCUT2D eigenvalue weighted by Crippen LogP contribution is -2.35. The number of hydrogen-bond donors (Lipinski definition) is 1. The summed E-state index contributed by atoms with van der Waals surface area (Å²) >= 11 is 0. The lowest BCUT2D eigenvalue weighted by Gasteiger charge is -2.29. The molecule has 0 spiro atoms. The third-order valence-corrected chi connectivity index (χ3v) is 3.97. The summed E-state index contributed by atoms with van der Waals surface area (Å²) in [6.45, 7) is 4.81. The molecule has 4 nitrogen and oxygen atoms in total. The molecule has 0 radical (unpaired) electrons. The van der Waals surface area contributed by atoms with E-state index in [1.807, 2.05) is 0 Å². The maximum Gasteiger partial charge on any atom is 0.309 e. The number of likely N-dealkylation sites (tertiary alicyclic amines) is 1. The van der Waals surface area contributed by atoms with E-state index in [9.17, 15) is 4.79 Å². The van der Waals surface area contributed by atoms with Crippen molar-refractivity contribution in [1.29, 1.82) is 0 Å². The van der Waals surface area contributed by atoms with Crippen LogP contribution in [0.5, 0.6) is 0 Å². The van der Waals surface area contributed by atoms with Crippen LogP contribution in [0.4, 0.5) is 0 Å². The number of ether oxygens (including phenoxy) is 1. The lowest BCUT2D eigenvalue weighted by molar-refractivity contribution is -0.151. The number of carbonyl (C=O) groups is 1. The Labute approximate surface area is 116 Å². The van der Waals surface area contributed by atoms with Gasteiger partial charge in [-0.25, -0.2) is 0 Å². The summed E-state index contributed by atoms with van der Waals surface area (Å²) in [7, 11) is 2.15. The molecule has 2 aliphatic rings. The second kappa shape index (κ2) is 7.97. The molecule has 0 unspecified atom stereocenters. The fourth-order valence-corrected chi connectivity index (χ4v) is 2.60. The molecule has 0 aromatic carbocycles. The number of piperidine rings is 2. The Morgan fingerprint density at radius 1 is 1.22 bits per heavy atom. The first-order chi connectivity index (χ1) is 8.25. The molecule has 0 amide bonds. The van der Waals surface area contributed by atoms with Gasteiger partial charge in [-0.1, -0.05) is 0 Å². The SMILES string of the molecule is CN1CCC(COC(=O)C2CCNCC2)CC1.Cl. The molecule has 0 bridgehead atoms. The van der Waals surface area contributed by atoms with E-state index in [1.165, 1.54) is 0 Å². The van der Waals surface area contributed by atoms with Gasteiger partial charge in [0.15, 0.2) is 0 Å². The van der Waals surface area contributed by atoms with Crippen LogP contribution >= 0.6 is 12.4 Å². The van der Waals surface area contributed by atoms with Gasteiger partial charge in [-0.15, -0.1) is 12.4 Å². The Bertz CT molecular complexity index is 249. The van der Waals surface area contributed by atoms with Crippen molar-refractivity contribution >= 4 is 18.4 Å². The van der Waals surface area contributed by atoms with Crippen molar-refractivity contribution in [3.05, 3.63) is 0 Å². The van der Waals surface area contributed by atoms with E-state index in [0.29, 0.717) is 12.5 Å². The maximum atomic E-state index is 11.8. The topological polar surface area (TPSA) is 41.6 Å². The minimum absolute atomic E-state index is 0. The first-order valence-corrected chi connectivity index (χ1v) is 6.81. The maximum absolute atomic E-state index is 11.8. The molecule has 2 saturated heterocycles. The average Bonchev–Trinajstić information content (AvgIpc) is 2.39. The number of nitrogens with zero attached hydrogens (tertiary/aromatic N) is 1. The van der Waals surface area contributed by atoms with Gasteiger partial charge < -0.3 is 15.0 Å². The zero-order chi connectivity index (χ0) is 12.1. The smallest absolute Gasteiger partial charge is 0.309 e. The molecule has 18 heavy (non-hydrogen) atoms. The van der Waals surface area contributed by atoms with Gasteiger partial charge in [0.2, 0.25) is 0 Å². The molecule has 106 valence electrons. The van der Waals surface area contributed by atoms with E-state index in [4.69, 9.17) is 4.74 Å². The first-order valence-electron chi connectivity index (χ1n) is 6.81. The summed E-state index contributed by atoms with van der Waals surface area (Å²) in [4.78, 5) is 14.2. The lowest BCUT2D eigenvalue weighted by atomic mass is 9.97. The fourth-order valence-electron chi connectivity index (χ4n) is 2.60. The molecule has 0 aliphatic carbocycles. The number of nitrogens with one attached hydrogen (secondary N) is 1.